The number of aromatic nitrogens is 2. The van der Waals surface area contributed by atoms with E-state index in [0.29, 0.717) is 22.4 Å². The van der Waals surface area contributed by atoms with Gasteiger partial charge in [0.15, 0.2) is 5.58 Å². The maximum Gasteiger partial charge on any atom is 0.417 e. The molecule has 0 aliphatic heterocycles. The Morgan fingerprint density at radius 2 is 2.17 bits per heavy atom. The fourth-order valence-electron chi connectivity index (χ4n) is 1.62. The van der Waals surface area contributed by atoms with Gasteiger partial charge in [-0.1, -0.05) is 11.2 Å². The first-order valence-electron chi connectivity index (χ1n) is 4.97. The number of oxazole rings is 1. The molecule has 7 nitrogen and oxygen atoms in total. The minimum absolute atomic E-state index is 0.249. The molecule has 0 radical (unpaired) electrons. The van der Waals surface area contributed by atoms with Crippen molar-refractivity contribution in [2.24, 2.45) is 0 Å². The number of carboxylic acid groups (broad SMARTS) is 1. The molecular weight excluding hydrogens is 240 g/mol. The lowest BCUT2D eigenvalue weighted by molar-refractivity contribution is 0.0652. The zero-order valence-corrected chi connectivity index (χ0v) is 8.84. The van der Waals surface area contributed by atoms with Crippen LogP contribution in [0.15, 0.2) is 38.0 Å². The van der Waals surface area contributed by atoms with Crippen molar-refractivity contribution in [2.45, 2.75) is 0 Å². The summed E-state index contributed by atoms with van der Waals surface area (Å²) in [6, 6.07) is 6.20. The molecule has 1 aromatic carbocycles. The number of aromatic amines is 1. The number of benzene rings is 1. The summed E-state index contributed by atoms with van der Waals surface area (Å²) in [5.41, 5.74) is 1.89. The van der Waals surface area contributed by atoms with Crippen LogP contribution in [0, 0.1) is 0 Å². The standard InChI is InChI=1S/C11H6N2O5/c14-10(15)9-4-7(13-18-9)5-1-2-6-8(3-5)17-11(16)12-6/h1-4H,(H,12,16)(H,14,15). The van der Waals surface area contributed by atoms with Crippen LogP contribution in [-0.2, 0) is 0 Å². The largest absolute Gasteiger partial charge is 0.475 e. The van der Waals surface area contributed by atoms with Gasteiger partial charge in [-0.2, -0.15) is 0 Å². The monoisotopic (exact) mass is 246 g/mol. The Morgan fingerprint density at radius 3 is 2.89 bits per heavy atom. The van der Waals surface area contributed by atoms with Crippen LogP contribution in [-0.4, -0.2) is 21.2 Å². The third-order valence-corrected chi connectivity index (χ3v) is 2.44. The smallest absolute Gasteiger partial charge is 0.417 e. The van der Waals surface area contributed by atoms with E-state index in [2.05, 4.69) is 14.7 Å². The first kappa shape index (κ1) is 10.3. The summed E-state index contributed by atoms with van der Waals surface area (Å²) in [6.45, 7) is 0. The highest BCUT2D eigenvalue weighted by Crippen LogP contribution is 2.22. The minimum atomic E-state index is -1.19. The van der Waals surface area contributed by atoms with Crippen molar-refractivity contribution in [2.75, 3.05) is 0 Å². The third kappa shape index (κ3) is 1.58. The van der Waals surface area contributed by atoms with Crippen molar-refractivity contribution >= 4 is 17.1 Å². The maximum absolute atomic E-state index is 11.0. The topological polar surface area (TPSA) is 109 Å². The van der Waals surface area contributed by atoms with Crippen molar-refractivity contribution in [3.8, 4) is 11.3 Å². The predicted octanol–water partition coefficient (Wildman–Crippen LogP) is 1.47. The molecule has 0 aliphatic carbocycles. The summed E-state index contributed by atoms with van der Waals surface area (Å²) < 4.78 is 9.55. The number of rotatable bonds is 2. The van der Waals surface area contributed by atoms with Crippen molar-refractivity contribution in [3.63, 3.8) is 0 Å². The zero-order valence-electron chi connectivity index (χ0n) is 8.84. The second kappa shape index (κ2) is 3.59. The van der Waals surface area contributed by atoms with E-state index in [1.165, 1.54) is 6.07 Å². The highest BCUT2D eigenvalue weighted by molar-refractivity contribution is 5.86. The van der Waals surface area contributed by atoms with Crippen molar-refractivity contribution in [1.29, 1.82) is 0 Å². The van der Waals surface area contributed by atoms with Gasteiger partial charge < -0.3 is 14.0 Å². The van der Waals surface area contributed by atoms with Gasteiger partial charge in [-0.25, -0.2) is 9.59 Å². The van der Waals surface area contributed by atoms with Crippen LogP contribution in [0.1, 0.15) is 10.6 Å². The summed E-state index contributed by atoms with van der Waals surface area (Å²) in [4.78, 5) is 24.2. The molecule has 3 rings (SSSR count). The lowest BCUT2D eigenvalue weighted by Gasteiger charge is -1.93. The number of fused-ring (bicyclic) bond motifs is 1. The molecular formula is C11H6N2O5. The molecule has 2 N–H and O–H groups in total. The zero-order chi connectivity index (χ0) is 12.7. The number of carboxylic acids is 1. The van der Waals surface area contributed by atoms with Crippen molar-refractivity contribution in [1.82, 2.24) is 10.1 Å². The second-order valence-corrected chi connectivity index (χ2v) is 3.61. The molecule has 18 heavy (non-hydrogen) atoms. The van der Waals surface area contributed by atoms with Crippen LogP contribution in [0.2, 0.25) is 0 Å². The number of hydrogen-bond donors (Lipinski definition) is 2. The maximum atomic E-state index is 11.0. The predicted molar refractivity (Wildman–Crippen MR) is 59.3 cm³/mol. The van der Waals surface area contributed by atoms with E-state index in [1.54, 1.807) is 18.2 Å². The normalized spacial score (nSPS) is 10.9. The van der Waals surface area contributed by atoms with E-state index in [-0.39, 0.29) is 5.76 Å². The number of carbonyl (C=O) groups is 1. The molecule has 0 atom stereocenters. The van der Waals surface area contributed by atoms with E-state index in [4.69, 9.17) is 9.52 Å². The fourth-order valence-corrected chi connectivity index (χ4v) is 1.62. The number of aromatic carboxylic acids is 1. The Labute approximate surface area is 98.6 Å². The molecule has 0 spiro atoms. The lowest BCUT2D eigenvalue weighted by atomic mass is 10.1. The molecule has 90 valence electrons. The Hall–Kier alpha value is -2.83. The summed E-state index contributed by atoms with van der Waals surface area (Å²) in [6.07, 6.45) is 0. The van der Waals surface area contributed by atoms with E-state index in [0.717, 1.165) is 0 Å². The molecule has 0 fully saturated rings. The van der Waals surface area contributed by atoms with Crippen molar-refractivity contribution < 1.29 is 18.8 Å². The number of nitrogens with one attached hydrogen (secondary N) is 1. The summed E-state index contributed by atoms with van der Waals surface area (Å²) in [7, 11) is 0. The van der Waals surface area contributed by atoms with E-state index >= 15 is 0 Å². The highest BCUT2D eigenvalue weighted by Gasteiger charge is 2.13. The third-order valence-electron chi connectivity index (χ3n) is 2.44. The van der Waals surface area contributed by atoms with Gasteiger partial charge in [0.25, 0.3) is 0 Å². The number of hydrogen-bond acceptors (Lipinski definition) is 5. The van der Waals surface area contributed by atoms with Crippen LogP contribution < -0.4 is 5.76 Å². The summed E-state index contributed by atoms with van der Waals surface area (Å²) in [5.74, 6) is -1.99. The highest BCUT2D eigenvalue weighted by atomic mass is 16.5. The van der Waals surface area contributed by atoms with E-state index in [1.807, 2.05) is 0 Å². The first-order chi connectivity index (χ1) is 8.63. The molecule has 0 unspecified atom stereocenters. The average Bonchev–Trinajstić information content (AvgIpc) is 2.91. The quantitative estimate of drug-likeness (QED) is 0.708. The van der Waals surface area contributed by atoms with E-state index < -0.39 is 11.7 Å². The molecule has 3 aromatic rings. The first-order valence-corrected chi connectivity index (χ1v) is 4.97. The molecule has 7 heteroatoms. The molecule has 2 heterocycles. The number of H-pyrrole nitrogens is 1. The average molecular weight is 246 g/mol. The van der Waals surface area contributed by atoms with Gasteiger partial charge in [0.05, 0.1) is 5.52 Å². The van der Waals surface area contributed by atoms with E-state index in [9.17, 15) is 9.59 Å². The molecule has 0 bridgehead atoms. The molecule has 0 saturated carbocycles. The fraction of sp³-hybridized carbons (Fsp3) is 0. The van der Waals surface area contributed by atoms with Crippen LogP contribution in [0.5, 0.6) is 0 Å². The van der Waals surface area contributed by atoms with Crippen LogP contribution in [0.4, 0.5) is 0 Å². The molecule has 0 aliphatic rings. The van der Waals surface area contributed by atoms with Gasteiger partial charge in [0.1, 0.15) is 5.69 Å². The van der Waals surface area contributed by atoms with Gasteiger partial charge in [-0.05, 0) is 12.1 Å². The van der Waals surface area contributed by atoms with Crippen LogP contribution >= 0.6 is 0 Å². The van der Waals surface area contributed by atoms with Gasteiger partial charge in [0, 0.05) is 11.6 Å². The summed E-state index contributed by atoms with van der Waals surface area (Å²) >= 11 is 0. The second-order valence-electron chi connectivity index (χ2n) is 3.61. The van der Waals surface area contributed by atoms with Crippen LogP contribution in [0.3, 0.4) is 0 Å². The molecule has 2 aromatic heterocycles. The molecule has 0 saturated heterocycles. The van der Waals surface area contributed by atoms with Gasteiger partial charge >= 0.3 is 11.7 Å². The van der Waals surface area contributed by atoms with Crippen molar-refractivity contribution in [3.05, 3.63) is 40.6 Å². The Bertz CT molecular complexity index is 795. The lowest BCUT2D eigenvalue weighted by Crippen LogP contribution is -1.92. The Morgan fingerprint density at radius 1 is 1.33 bits per heavy atom. The van der Waals surface area contributed by atoms with Crippen LogP contribution in [0.25, 0.3) is 22.4 Å². The summed E-state index contributed by atoms with van der Waals surface area (Å²) in [5, 5.41) is 12.4. The van der Waals surface area contributed by atoms with Gasteiger partial charge in [0.2, 0.25) is 5.76 Å². The Kier molecular flexibility index (Phi) is 2.06. The van der Waals surface area contributed by atoms with Gasteiger partial charge in [-0.3, -0.25) is 4.98 Å². The Balaban J connectivity index is 2.12. The minimum Gasteiger partial charge on any atom is -0.475 e. The molecule has 0 amide bonds. The van der Waals surface area contributed by atoms with Gasteiger partial charge in [-0.15, -0.1) is 0 Å². The number of nitrogens with zero attached hydrogens (tertiary/aromatic N) is 1. The SMILES string of the molecule is O=C(O)c1cc(-c2ccc3[nH]c(=O)oc3c2)no1.